The Balaban J connectivity index is 2.01. The van der Waals surface area contributed by atoms with Gasteiger partial charge in [0.05, 0.1) is 11.9 Å². The van der Waals surface area contributed by atoms with Gasteiger partial charge in [0.15, 0.2) is 0 Å². The predicted octanol–water partition coefficient (Wildman–Crippen LogP) is 4.81. The van der Waals surface area contributed by atoms with E-state index in [1.165, 1.54) is 11.1 Å². The molecule has 0 fully saturated rings. The van der Waals surface area contributed by atoms with Crippen LogP contribution in [-0.2, 0) is 0 Å². The van der Waals surface area contributed by atoms with Crippen molar-refractivity contribution in [3.8, 4) is 16.8 Å². The first kappa shape index (κ1) is 12.9. The second-order valence-electron chi connectivity index (χ2n) is 4.97. The Labute approximate surface area is 123 Å². The van der Waals surface area contributed by atoms with Crippen molar-refractivity contribution in [1.82, 2.24) is 9.78 Å². The number of halogens is 1. The number of benzene rings is 2. The molecular weight excluding hydrogens is 268 g/mol. The Kier molecular flexibility index (Phi) is 3.33. The molecule has 0 atom stereocenters. The minimum Gasteiger partial charge on any atom is -0.240 e. The molecule has 2 aromatic carbocycles. The van der Waals surface area contributed by atoms with Crippen LogP contribution in [0.4, 0.5) is 0 Å². The highest BCUT2D eigenvalue weighted by molar-refractivity contribution is 6.30. The summed E-state index contributed by atoms with van der Waals surface area (Å²) in [5, 5.41) is 5.22. The summed E-state index contributed by atoms with van der Waals surface area (Å²) in [7, 11) is 0. The number of aromatic nitrogens is 2. The Morgan fingerprint density at radius 3 is 2.45 bits per heavy atom. The van der Waals surface area contributed by atoms with Gasteiger partial charge in [-0.2, -0.15) is 5.10 Å². The molecule has 2 nitrogen and oxygen atoms in total. The van der Waals surface area contributed by atoms with Gasteiger partial charge in [-0.15, -0.1) is 0 Å². The Morgan fingerprint density at radius 2 is 1.70 bits per heavy atom. The van der Waals surface area contributed by atoms with E-state index in [2.05, 4.69) is 37.1 Å². The molecule has 0 aliphatic rings. The summed E-state index contributed by atoms with van der Waals surface area (Å²) < 4.78 is 1.92. The largest absolute Gasteiger partial charge is 0.240 e. The van der Waals surface area contributed by atoms with E-state index in [9.17, 15) is 0 Å². The quantitative estimate of drug-likeness (QED) is 0.659. The second kappa shape index (κ2) is 5.14. The second-order valence-corrected chi connectivity index (χ2v) is 5.41. The predicted molar refractivity (Wildman–Crippen MR) is 83.5 cm³/mol. The van der Waals surface area contributed by atoms with E-state index in [4.69, 9.17) is 11.6 Å². The zero-order valence-corrected chi connectivity index (χ0v) is 12.2. The number of nitrogens with zero attached hydrogens (tertiary/aromatic N) is 2. The van der Waals surface area contributed by atoms with Crippen LogP contribution in [0.2, 0.25) is 5.02 Å². The topological polar surface area (TPSA) is 17.8 Å². The van der Waals surface area contributed by atoms with Crippen molar-refractivity contribution >= 4 is 11.6 Å². The third-order valence-electron chi connectivity index (χ3n) is 3.37. The molecule has 0 unspecified atom stereocenters. The average Bonchev–Trinajstić information content (AvgIpc) is 2.92. The van der Waals surface area contributed by atoms with Crippen LogP contribution >= 0.6 is 11.6 Å². The molecule has 0 spiro atoms. The van der Waals surface area contributed by atoms with Crippen molar-refractivity contribution in [3.05, 3.63) is 71.0 Å². The van der Waals surface area contributed by atoms with E-state index in [0.717, 1.165) is 21.8 Å². The lowest BCUT2D eigenvalue weighted by Gasteiger charge is -2.06. The number of rotatable bonds is 2. The molecule has 0 saturated heterocycles. The molecular formula is C17H15ClN2. The number of aryl methyl sites for hydroxylation is 2. The highest BCUT2D eigenvalue weighted by atomic mass is 35.5. The van der Waals surface area contributed by atoms with Crippen LogP contribution in [0.25, 0.3) is 16.8 Å². The van der Waals surface area contributed by atoms with Crippen molar-refractivity contribution in [1.29, 1.82) is 0 Å². The molecule has 0 bridgehead atoms. The van der Waals surface area contributed by atoms with Crippen LogP contribution in [0, 0.1) is 13.8 Å². The summed E-state index contributed by atoms with van der Waals surface area (Å²) in [6.07, 6.45) is 3.93. The standard InChI is InChI=1S/C17H15ClN2/c1-12-3-4-13(2)17(9-12)20-11-15(10-19-20)14-5-7-16(18)8-6-14/h3-11H,1-2H3. The van der Waals surface area contributed by atoms with Crippen molar-refractivity contribution in [3.63, 3.8) is 0 Å². The van der Waals surface area contributed by atoms with Gasteiger partial charge in [0.1, 0.15) is 0 Å². The van der Waals surface area contributed by atoms with Crippen molar-refractivity contribution < 1.29 is 0 Å². The van der Waals surface area contributed by atoms with Gasteiger partial charge in [0.25, 0.3) is 0 Å². The molecule has 3 rings (SSSR count). The molecule has 1 aromatic heterocycles. The van der Waals surface area contributed by atoms with Crippen LogP contribution < -0.4 is 0 Å². The first-order chi connectivity index (χ1) is 9.63. The molecule has 3 heteroatoms. The molecule has 1 heterocycles. The third kappa shape index (κ3) is 2.47. The summed E-state index contributed by atoms with van der Waals surface area (Å²) in [6.45, 7) is 4.19. The molecule has 20 heavy (non-hydrogen) atoms. The lowest BCUT2D eigenvalue weighted by molar-refractivity contribution is 0.871. The molecule has 0 aliphatic heterocycles. The molecule has 3 aromatic rings. The van der Waals surface area contributed by atoms with Gasteiger partial charge in [-0.3, -0.25) is 0 Å². The van der Waals surface area contributed by atoms with Crippen LogP contribution in [0.15, 0.2) is 54.9 Å². The van der Waals surface area contributed by atoms with E-state index < -0.39 is 0 Å². The Hall–Kier alpha value is -2.06. The van der Waals surface area contributed by atoms with Gasteiger partial charge in [-0.1, -0.05) is 35.9 Å². The number of hydrogen-bond acceptors (Lipinski definition) is 1. The summed E-state index contributed by atoms with van der Waals surface area (Å²) in [4.78, 5) is 0. The fraction of sp³-hybridized carbons (Fsp3) is 0.118. The summed E-state index contributed by atoms with van der Waals surface area (Å²) in [6, 6.07) is 14.2. The van der Waals surface area contributed by atoms with Gasteiger partial charge in [0, 0.05) is 16.8 Å². The van der Waals surface area contributed by atoms with E-state index in [1.54, 1.807) is 0 Å². The van der Waals surface area contributed by atoms with Gasteiger partial charge in [-0.05, 0) is 48.7 Å². The highest BCUT2D eigenvalue weighted by Crippen LogP contribution is 2.23. The summed E-state index contributed by atoms with van der Waals surface area (Å²) in [5.74, 6) is 0. The number of hydrogen-bond donors (Lipinski definition) is 0. The van der Waals surface area contributed by atoms with Crippen LogP contribution in [0.5, 0.6) is 0 Å². The van der Waals surface area contributed by atoms with Crippen LogP contribution in [0.3, 0.4) is 0 Å². The zero-order valence-electron chi connectivity index (χ0n) is 11.5. The normalized spacial score (nSPS) is 10.8. The Bertz CT molecular complexity index is 742. The average molecular weight is 283 g/mol. The fourth-order valence-corrected chi connectivity index (χ4v) is 2.34. The maximum absolute atomic E-state index is 5.92. The molecule has 0 saturated carbocycles. The van der Waals surface area contributed by atoms with E-state index >= 15 is 0 Å². The van der Waals surface area contributed by atoms with Crippen LogP contribution in [-0.4, -0.2) is 9.78 Å². The minimum absolute atomic E-state index is 0.746. The zero-order chi connectivity index (χ0) is 14.1. The van der Waals surface area contributed by atoms with Crippen LogP contribution in [0.1, 0.15) is 11.1 Å². The molecule has 0 N–H and O–H groups in total. The highest BCUT2D eigenvalue weighted by Gasteiger charge is 2.06. The first-order valence-electron chi connectivity index (χ1n) is 6.52. The lowest BCUT2D eigenvalue weighted by Crippen LogP contribution is -1.97. The molecule has 0 radical (unpaired) electrons. The SMILES string of the molecule is Cc1ccc(C)c(-n2cc(-c3ccc(Cl)cc3)cn2)c1. The summed E-state index contributed by atoms with van der Waals surface area (Å²) in [5.41, 5.74) is 5.76. The van der Waals surface area contributed by atoms with Gasteiger partial charge in [-0.25, -0.2) is 4.68 Å². The minimum atomic E-state index is 0.746. The molecule has 0 aliphatic carbocycles. The van der Waals surface area contributed by atoms with Gasteiger partial charge < -0.3 is 0 Å². The first-order valence-corrected chi connectivity index (χ1v) is 6.89. The summed E-state index contributed by atoms with van der Waals surface area (Å²) >= 11 is 5.92. The third-order valence-corrected chi connectivity index (χ3v) is 3.62. The van der Waals surface area contributed by atoms with Gasteiger partial charge in [0.2, 0.25) is 0 Å². The maximum Gasteiger partial charge on any atom is 0.0677 e. The molecule has 0 amide bonds. The van der Waals surface area contributed by atoms with E-state index in [1.807, 2.05) is 41.3 Å². The van der Waals surface area contributed by atoms with Crippen molar-refractivity contribution in [2.45, 2.75) is 13.8 Å². The van der Waals surface area contributed by atoms with E-state index in [0.29, 0.717) is 0 Å². The van der Waals surface area contributed by atoms with Gasteiger partial charge >= 0.3 is 0 Å². The smallest absolute Gasteiger partial charge is 0.0677 e. The maximum atomic E-state index is 5.92. The van der Waals surface area contributed by atoms with E-state index in [-0.39, 0.29) is 0 Å². The lowest BCUT2D eigenvalue weighted by atomic mass is 10.1. The Morgan fingerprint density at radius 1 is 0.950 bits per heavy atom. The molecule has 100 valence electrons. The van der Waals surface area contributed by atoms with Crippen molar-refractivity contribution in [2.75, 3.05) is 0 Å². The monoisotopic (exact) mass is 282 g/mol. The fourth-order valence-electron chi connectivity index (χ4n) is 2.21. The van der Waals surface area contributed by atoms with Crippen molar-refractivity contribution in [2.24, 2.45) is 0 Å².